The smallest absolute Gasteiger partial charge is 0.323 e. The van der Waals surface area contributed by atoms with Crippen LogP contribution < -0.4 is 5.32 Å². The van der Waals surface area contributed by atoms with Crippen molar-refractivity contribution in [3.8, 4) is 0 Å². The van der Waals surface area contributed by atoms with Gasteiger partial charge in [0.25, 0.3) is 0 Å². The Hall–Kier alpha value is -0.610. The normalized spacial score (nSPS) is 14.9. The van der Waals surface area contributed by atoms with Crippen LogP contribution in [0, 0.1) is 0 Å². The Kier molecular flexibility index (Phi) is 9.02. The molecule has 0 fully saturated rings. The lowest BCUT2D eigenvalue weighted by Gasteiger charge is -2.29. The molecule has 0 rings (SSSR count). The third kappa shape index (κ3) is 6.92. The summed E-state index contributed by atoms with van der Waals surface area (Å²) in [5, 5.41) is 12.1. The number of unbranched alkanes of at least 4 members (excludes halogenated alkanes) is 2. The Balaban J connectivity index is 4.14. The first-order valence-corrected chi connectivity index (χ1v) is 7.53. The van der Waals surface area contributed by atoms with Gasteiger partial charge in [-0.25, -0.2) is 0 Å². The summed E-state index contributed by atoms with van der Waals surface area (Å²) in [6.45, 7) is 10.5. The lowest BCUT2D eigenvalue weighted by molar-refractivity contribution is -0.144. The Morgan fingerprint density at radius 1 is 1.26 bits per heavy atom. The van der Waals surface area contributed by atoms with Gasteiger partial charge in [0.1, 0.15) is 5.54 Å². The average molecular weight is 272 g/mol. The van der Waals surface area contributed by atoms with E-state index in [1.54, 1.807) is 14.0 Å². The predicted octanol–water partition coefficient (Wildman–Crippen LogP) is 2.73. The van der Waals surface area contributed by atoms with Crippen LogP contribution in [0.15, 0.2) is 0 Å². The van der Waals surface area contributed by atoms with Gasteiger partial charge in [0, 0.05) is 6.04 Å². The van der Waals surface area contributed by atoms with Gasteiger partial charge in [-0.15, -0.1) is 0 Å². The molecule has 4 heteroatoms. The molecule has 0 bridgehead atoms. The van der Waals surface area contributed by atoms with Gasteiger partial charge in [0.05, 0.1) is 0 Å². The molecule has 0 saturated carbocycles. The van der Waals surface area contributed by atoms with Crippen LogP contribution in [0.1, 0.15) is 59.8 Å². The van der Waals surface area contributed by atoms with Crippen molar-refractivity contribution in [1.29, 1.82) is 0 Å². The minimum atomic E-state index is -0.800. The van der Waals surface area contributed by atoms with Crippen molar-refractivity contribution in [1.82, 2.24) is 10.2 Å². The van der Waals surface area contributed by atoms with E-state index in [1.165, 1.54) is 19.3 Å². The number of carboxylic acids is 1. The average Bonchev–Trinajstić information content (AvgIpc) is 2.36. The van der Waals surface area contributed by atoms with Crippen molar-refractivity contribution in [3.05, 3.63) is 0 Å². The molecule has 0 spiro atoms. The van der Waals surface area contributed by atoms with E-state index in [0.29, 0.717) is 12.5 Å². The molecule has 0 heterocycles. The van der Waals surface area contributed by atoms with Crippen molar-refractivity contribution < 1.29 is 9.90 Å². The van der Waals surface area contributed by atoms with E-state index in [4.69, 9.17) is 0 Å². The Labute approximate surface area is 118 Å². The standard InChI is InChI=1S/C15H32N2O2/c1-6-7-8-11-17(13(2)3)12-9-10-15(4,16-5)14(18)19/h13,16H,6-12H2,1-5H3,(H,18,19). The fraction of sp³-hybridized carbons (Fsp3) is 0.933. The molecule has 0 aromatic carbocycles. The first-order chi connectivity index (χ1) is 8.87. The second kappa shape index (κ2) is 9.32. The maximum atomic E-state index is 11.2. The second-order valence-electron chi connectivity index (χ2n) is 5.83. The summed E-state index contributed by atoms with van der Waals surface area (Å²) >= 11 is 0. The monoisotopic (exact) mass is 272 g/mol. The van der Waals surface area contributed by atoms with Crippen LogP contribution in [0.25, 0.3) is 0 Å². The SMILES string of the molecule is CCCCCN(CCCC(C)(NC)C(=O)O)C(C)C. The number of nitrogens with zero attached hydrogens (tertiary/aromatic N) is 1. The topological polar surface area (TPSA) is 52.6 Å². The van der Waals surface area contributed by atoms with E-state index in [-0.39, 0.29) is 0 Å². The van der Waals surface area contributed by atoms with Crippen LogP contribution in [0.3, 0.4) is 0 Å². The highest BCUT2D eigenvalue weighted by Gasteiger charge is 2.30. The van der Waals surface area contributed by atoms with Crippen LogP contribution in [0.2, 0.25) is 0 Å². The number of hydrogen-bond donors (Lipinski definition) is 2. The summed E-state index contributed by atoms with van der Waals surface area (Å²) in [5.41, 5.74) is -0.800. The zero-order chi connectivity index (χ0) is 14.9. The van der Waals surface area contributed by atoms with Crippen LogP contribution in [0.4, 0.5) is 0 Å². The fourth-order valence-corrected chi connectivity index (χ4v) is 2.17. The Morgan fingerprint density at radius 3 is 2.26 bits per heavy atom. The van der Waals surface area contributed by atoms with Gasteiger partial charge < -0.3 is 15.3 Å². The molecule has 0 amide bonds. The Morgan fingerprint density at radius 2 is 1.84 bits per heavy atom. The first-order valence-electron chi connectivity index (χ1n) is 7.53. The van der Waals surface area contributed by atoms with Crippen molar-refractivity contribution >= 4 is 5.97 Å². The van der Waals surface area contributed by atoms with Crippen LogP contribution >= 0.6 is 0 Å². The summed E-state index contributed by atoms with van der Waals surface area (Å²) in [6.07, 6.45) is 5.32. The number of carboxylic acid groups (broad SMARTS) is 1. The van der Waals surface area contributed by atoms with Gasteiger partial charge in [-0.1, -0.05) is 19.8 Å². The molecule has 19 heavy (non-hydrogen) atoms. The summed E-state index contributed by atoms with van der Waals surface area (Å²) in [4.78, 5) is 13.6. The maximum absolute atomic E-state index is 11.2. The van der Waals surface area contributed by atoms with E-state index in [1.807, 2.05) is 0 Å². The van der Waals surface area contributed by atoms with Crippen LogP contribution in [-0.2, 0) is 4.79 Å². The quantitative estimate of drug-likeness (QED) is 0.568. The molecule has 0 aliphatic heterocycles. The molecule has 0 aliphatic carbocycles. The summed E-state index contributed by atoms with van der Waals surface area (Å²) in [6, 6.07) is 0.530. The van der Waals surface area contributed by atoms with E-state index >= 15 is 0 Å². The minimum absolute atomic E-state index is 0.530. The van der Waals surface area contributed by atoms with E-state index < -0.39 is 11.5 Å². The van der Waals surface area contributed by atoms with E-state index in [0.717, 1.165) is 19.5 Å². The third-order valence-corrected chi connectivity index (χ3v) is 3.93. The molecular weight excluding hydrogens is 240 g/mol. The van der Waals surface area contributed by atoms with Gasteiger partial charge in [0.2, 0.25) is 0 Å². The molecule has 4 nitrogen and oxygen atoms in total. The number of nitrogens with one attached hydrogen (secondary N) is 1. The van der Waals surface area contributed by atoms with Crippen LogP contribution in [0.5, 0.6) is 0 Å². The Bertz CT molecular complexity index is 257. The molecular formula is C15H32N2O2. The molecule has 0 saturated heterocycles. The molecule has 0 aromatic rings. The highest BCUT2D eigenvalue weighted by molar-refractivity contribution is 5.78. The van der Waals surface area contributed by atoms with Crippen molar-refractivity contribution in [2.24, 2.45) is 0 Å². The molecule has 0 radical (unpaired) electrons. The molecule has 1 unspecified atom stereocenters. The van der Waals surface area contributed by atoms with Gasteiger partial charge in [-0.05, 0) is 60.2 Å². The zero-order valence-electron chi connectivity index (χ0n) is 13.3. The van der Waals surface area contributed by atoms with Crippen LogP contribution in [-0.4, -0.2) is 47.7 Å². The molecule has 114 valence electrons. The number of aliphatic carboxylic acids is 1. The molecule has 0 aromatic heterocycles. The largest absolute Gasteiger partial charge is 0.480 e. The fourth-order valence-electron chi connectivity index (χ4n) is 2.17. The van der Waals surface area contributed by atoms with Gasteiger partial charge >= 0.3 is 5.97 Å². The predicted molar refractivity (Wildman–Crippen MR) is 80.6 cm³/mol. The molecule has 1 atom stereocenters. The minimum Gasteiger partial charge on any atom is -0.480 e. The molecule has 0 aliphatic rings. The van der Waals surface area contributed by atoms with Gasteiger partial charge in [-0.3, -0.25) is 4.79 Å². The number of hydrogen-bond acceptors (Lipinski definition) is 3. The summed E-state index contributed by atoms with van der Waals surface area (Å²) in [5.74, 6) is -0.767. The highest BCUT2D eigenvalue weighted by Crippen LogP contribution is 2.14. The van der Waals surface area contributed by atoms with Crippen molar-refractivity contribution in [3.63, 3.8) is 0 Å². The van der Waals surface area contributed by atoms with E-state index in [2.05, 4.69) is 31.0 Å². The number of carbonyl (C=O) groups is 1. The lowest BCUT2D eigenvalue weighted by atomic mass is 9.96. The lowest BCUT2D eigenvalue weighted by Crippen LogP contribution is -2.48. The van der Waals surface area contributed by atoms with E-state index in [9.17, 15) is 9.90 Å². The second-order valence-corrected chi connectivity index (χ2v) is 5.83. The highest BCUT2D eigenvalue weighted by atomic mass is 16.4. The first kappa shape index (κ1) is 18.4. The number of likely N-dealkylation sites (N-methyl/N-ethyl adjacent to an activating group) is 1. The zero-order valence-corrected chi connectivity index (χ0v) is 13.3. The van der Waals surface area contributed by atoms with Gasteiger partial charge in [-0.2, -0.15) is 0 Å². The maximum Gasteiger partial charge on any atom is 0.323 e. The summed E-state index contributed by atoms with van der Waals surface area (Å²) < 4.78 is 0. The van der Waals surface area contributed by atoms with Gasteiger partial charge in [0.15, 0.2) is 0 Å². The van der Waals surface area contributed by atoms with Crippen molar-refractivity contribution in [2.45, 2.75) is 71.4 Å². The number of rotatable bonds is 11. The molecule has 2 N–H and O–H groups in total. The summed E-state index contributed by atoms with van der Waals surface area (Å²) in [7, 11) is 1.72. The third-order valence-electron chi connectivity index (χ3n) is 3.93. The van der Waals surface area contributed by atoms with Crippen molar-refractivity contribution in [2.75, 3.05) is 20.1 Å².